The van der Waals surface area contributed by atoms with Gasteiger partial charge in [-0.15, -0.1) is 0 Å². The molecule has 1 N–H and O–H groups in total. The smallest absolute Gasteiger partial charge is 0.131 e. The minimum Gasteiger partial charge on any atom is -0.364 e. The van der Waals surface area contributed by atoms with E-state index >= 15 is 0 Å². The Kier molecular flexibility index (Phi) is 6.51. The van der Waals surface area contributed by atoms with E-state index in [4.69, 9.17) is 16.1 Å². The lowest BCUT2D eigenvalue weighted by Gasteiger charge is -2.22. The largest absolute Gasteiger partial charge is 0.364 e. The molecule has 0 fully saturated rings. The van der Waals surface area contributed by atoms with Crippen LogP contribution in [-0.4, -0.2) is 20.7 Å². The van der Waals surface area contributed by atoms with Gasteiger partial charge in [0.1, 0.15) is 23.6 Å². The molecule has 2 aromatic carbocycles. The number of benzene rings is 2. The Morgan fingerprint density at radius 3 is 2.34 bits per heavy atom. The van der Waals surface area contributed by atoms with E-state index in [1.54, 1.807) is 12.1 Å². The highest BCUT2D eigenvalue weighted by Crippen LogP contribution is 2.33. The highest BCUT2D eigenvalue weighted by molar-refractivity contribution is 7.84. The molecule has 0 aliphatic rings. The van der Waals surface area contributed by atoms with Gasteiger partial charge in [-0.05, 0) is 56.2 Å². The Morgan fingerprint density at radius 1 is 1.14 bits per heavy atom. The second kappa shape index (κ2) is 8.73. The van der Waals surface area contributed by atoms with Gasteiger partial charge in [0.2, 0.25) is 0 Å². The summed E-state index contributed by atoms with van der Waals surface area (Å²) < 4.78 is 48.0. The van der Waals surface area contributed by atoms with Crippen molar-refractivity contribution < 1.29 is 17.5 Å². The Hall–Kier alpha value is -2.09. The standard InChI is InChI=1S/C21H21ClF2N2O2S/c1-21(2,3)29(27)25-11-18(14-8-16(23)10-17(24)9-14)20-19(12-28-26-20)13-4-6-15(22)7-5-13/h4-10,12,18,25H,11H2,1-3H3/t18-,29?/m0/s1. The average molecular weight is 439 g/mol. The molecule has 2 atom stereocenters. The van der Waals surface area contributed by atoms with Crippen molar-refractivity contribution in [3.05, 3.63) is 76.6 Å². The third-order valence-corrected chi connectivity index (χ3v) is 6.14. The first-order valence-electron chi connectivity index (χ1n) is 8.96. The third kappa shape index (κ3) is 5.29. The summed E-state index contributed by atoms with van der Waals surface area (Å²) in [6.45, 7) is 5.66. The summed E-state index contributed by atoms with van der Waals surface area (Å²) in [4.78, 5) is 0. The van der Waals surface area contributed by atoms with Gasteiger partial charge >= 0.3 is 0 Å². The van der Waals surface area contributed by atoms with E-state index in [0.29, 0.717) is 21.8 Å². The van der Waals surface area contributed by atoms with E-state index in [1.807, 2.05) is 32.9 Å². The van der Waals surface area contributed by atoms with Crippen LogP contribution in [0, 0.1) is 11.6 Å². The number of nitrogens with one attached hydrogen (secondary N) is 1. The van der Waals surface area contributed by atoms with Crippen molar-refractivity contribution >= 4 is 22.6 Å². The van der Waals surface area contributed by atoms with Crippen LogP contribution in [-0.2, 0) is 11.0 Å². The number of aromatic nitrogens is 1. The van der Waals surface area contributed by atoms with Crippen LogP contribution in [0.1, 0.15) is 37.9 Å². The molecule has 0 saturated carbocycles. The molecule has 3 aromatic rings. The number of rotatable bonds is 6. The summed E-state index contributed by atoms with van der Waals surface area (Å²) in [5, 5.41) is 4.68. The zero-order chi connectivity index (χ0) is 21.2. The molecule has 154 valence electrons. The van der Waals surface area contributed by atoms with Gasteiger partial charge < -0.3 is 4.52 Å². The summed E-state index contributed by atoms with van der Waals surface area (Å²) in [5.41, 5.74) is 2.31. The first kappa shape index (κ1) is 21.6. The van der Waals surface area contributed by atoms with Crippen molar-refractivity contribution in [2.75, 3.05) is 6.54 Å². The van der Waals surface area contributed by atoms with Crippen molar-refractivity contribution in [3.8, 4) is 11.1 Å². The van der Waals surface area contributed by atoms with Crippen LogP contribution in [0.25, 0.3) is 11.1 Å². The molecular formula is C21H21ClF2N2O2S. The van der Waals surface area contributed by atoms with Crippen molar-refractivity contribution in [3.63, 3.8) is 0 Å². The maximum Gasteiger partial charge on any atom is 0.131 e. The van der Waals surface area contributed by atoms with Crippen LogP contribution >= 0.6 is 11.6 Å². The molecule has 1 unspecified atom stereocenters. The van der Waals surface area contributed by atoms with E-state index in [2.05, 4.69) is 9.88 Å². The molecule has 1 aromatic heterocycles. The van der Waals surface area contributed by atoms with Crippen molar-refractivity contribution in [1.29, 1.82) is 0 Å². The van der Waals surface area contributed by atoms with Crippen LogP contribution in [0.4, 0.5) is 8.78 Å². The number of nitrogens with zero attached hydrogens (tertiary/aromatic N) is 1. The van der Waals surface area contributed by atoms with Crippen LogP contribution in [0.5, 0.6) is 0 Å². The lowest BCUT2D eigenvalue weighted by atomic mass is 9.91. The lowest BCUT2D eigenvalue weighted by molar-refractivity contribution is 0.408. The SMILES string of the molecule is CC(C)(C)S(=O)NC[C@@H](c1cc(F)cc(F)c1)c1nocc1-c1ccc(Cl)cc1. The number of halogens is 3. The fourth-order valence-corrected chi connectivity index (χ4v) is 3.74. The van der Waals surface area contributed by atoms with Crippen LogP contribution in [0.2, 0.25) is 5.02 Å². The molecule has 29 heavy (non-hydrogen) atoms. The number of hydrogen-bond acceptors (Lipinski definition) is 3. The summed E-state index contributed by atoms with van der Waals surface area (Å²) in [6.07, 6.45) is 1.47. The van der Waals surface area contributed by atoms with Crippen LogP contribution in [0.15, 0.2) is 53.3 Å². The fraction of sp³-hybridized carbons (Fsp3) is 0.286. The molecule has 3 rings (SSSR count). The fourth-order valence-electron chi connectivity index (χ4n) is 2.87. The maximum atomic E-state index is 13.9. The van der Waals surface area contributed by atoms with Crippen molar-refractivity contribution in [2.24, 2.45) is 0 Å². The lowest BCUT2D eigenvalue weighted by Crippen LogP contribution is -2.36. The van der Waals surface area contributed by atoms with Crippen LogP contribution < -0.4 is 4.72 Å². The summed E-state index contributed by atoms with van der Waals surface area (Å²) >= 11 is 5.97. The van der Waals surface area contributed by atoms with Crippen molar-refractivity contribution in [2.45, 2.75) is 31.4 Å². The second-order valence-corrected chi connectivity index (χ2v) is 10.1. The van der Waals surface area contributed by atoms with Gasteiger partial charge in [-0.3, -0.25) is 0 Å². The molecule has 0 bridgehead atoms. The molecule has 4 nitrogen and oxygen atoms in total. The van der Waals surface area contributed by atoms with E-state index in [9.17, 15) is 13.0 Å². The topological polar surface area (TPSA) is 55.1 Å². The van der Waals surface area contributed by atoms with Crippen LogP contribution in [0.3, 0.4) is 0 Å². The predicted molar refractivity (Wildman–Crippen MR) is 111 cm³/mol. The molecule has 0 amide bonds. The molecule has 0 radical (unpaired) electrons. The molecule has 0 saturated heterocycles. The van der Waals surface area contributed by atoms with E-state index in [1.165, 1.54) is 18.4 Å². The van der Waals surface area contributed by atoms with Gasteiger partial charge in [-0.2, -0.15) is 0 Å². The van der Waals surface area contributed by atoms with Gasteiger partial charge in [0.15, 0.2) is 0 Å². The molecule has 8 heteroatoms. The Bertz CT molecular complexity index is 996. The van der Waals surface area contributed by atoms with Crippen molar-refractivity contribution in [1.82, 2.24) is 9.88 Å². The average Bonchev–Trinajstić information content (AvgIpc) is 3.10. The Balaban J connectivity index is 2.03. The van der Waals surface area contributed by atoms with Gasteiger partial charge in [0, 0.05) is 29.1 Å². The predicted octanol–water partition coefficient (Wildman–Crippen LogP) is 5.46. The highest BCUT2D eigenvalue weighted by atomic mass is 35.5. The van der Waals surface area contributed by atoms with E-state index in [0.717, 1.165) is 11.6 Å². The van der Waals surface area contributed by atoms with E-state index < -0.39 is 33.3 Å². The Morgan fingerprint density at radius 2 is 1.76 bits per heavy atom. The zero-order valence-electron chi connectivity index (χ0n) is 16.2. The monoisotopic (exact) mass is 438 g/mol. The zero-order valence-corrected chi connectivity index (χ0v) is 17.8. The second-order valence-electron chi connectivity index (χ2n) is 7.61. The molecule has 0 aliphatic carbocycles. The van der Waals surface area contributed by atoms with Gasteiger partial charge in [-0.1, -0.05) is 28.9 Å². The minimum atomic E-state index is -1.37. The molecule has 1 heterocycles. The summed E-state index contributed by atoms with van der Waals surface area (Å²) in [5.74, 6) is -1.98. The van der Waals surface area contributed by atoms with Gasteiger partial charge in [0.25, 0.3) is 0 Å². The first-order chi connectivity index (χ1) is 13.6. The molecule has 0 spiro atoms. The number of hydrogen-bond donors (Lipinski definition) is 1. The maximum absolute atomic E-state index is 13.9. The third-order valence-electron chi connectivity index (χ3n) is 4.34. The van der Waals surface area contributed by atoms with E-state index in [-0.39, 0.29) is 6.54 Å². The Labute approximate surface area is 175 Å². The summed E-state index contributed by atoms with van der Waals surface area (Å²) in [7, 11) is -1.37. The highest BCUT2D eigenvalue weighted by Gasteiger charge is 2.26. The minimum absolute atomic E-state index is 0.153. The quantitative estimate of drug-likeness (QED) is 0.556. The molecule has 0 aliphatic heterocycles. The van der Waals surface area contributed by atoms with Gasteiger partial charge in [-0.25, -0.2) is 17.7 Å². The first-order valence-corrected chi connectivity index (χ1v) is 10.5. The summed E-state index contributed by atoms with van der Waals surface area (Å²) in [6, 6.07) is 10.4. The normalized spacial score (nSPS) is 14.0. The molecular weight excluding hydrogens is 418 g/mol. The van der Waals surface area contributed by atoms with Gasteiger partial charge in [0.05, 0.1) is 15.7 Å².